The van der Waals surface area contributed by atoms with Crippen LogP contribution in [0.4, 0.5) is 0 Å². The molecule has 1 heterocycles. The van der Waals surface area contributed by atoms with Crippen LogP contribution in [-0.2, 0) is 18.4 Å². The molecule has 1 aromatic carbocycles. The molecule has 0 bridgehead atoms. The molecule has 0 radical (unpaired) electrons. The van der Waals surface area contributed by atoms with Gasteiger partial charge in [0.2, 0.25) is 0 Å². The lowest BCUT2D eigenvalue weighted by Crippen LogP contribution is -1.97. The molecule has 1 unspecified atom stereocenters. The maximum Gasteiger partial charge on any atom is 0.357 e. The van der Waals surface area contributed by atoms with E-state index in [0.29, 0.717) is 5.75 Å². The van der Waals surface area contributed by atoms with E-state index < -0.39 is 11.4 Å². The van der Waals surface area contributed by atoms with Crippen molar-refractivity contribution in [3.05, 3.63) is 30.5 Å². The summed E-state index contributed by atoms with van der Waals surface area (Å²) in [5.74, 6) is 0.389. The summed E-state index contributed by atoms with van der Waals surface area (Å²) in [4.78, 5) is 0. The van der Waals surface area contributed by atoms with Gasteiger partial charge < -0.3 is 8.75 Å². The van der Waals surface area contributed by atoms with Crippen LogP contribution in [-0.4, -0.2) is 13.3 Å². The minimum absolute atomic E-state index is 0.389. The van der Waals surface area contributed by atoms with Crippen molar-refractivity contribution in [1.29, 1.82) is 0 Å². The average Bonchev–Trinajstić information content (AvgIpc) is 2.47. The first-order chi connectivity index (χ1) is 6.66. The van der Waals surface area contributed by atoms with Gasteiger partial charge in [-0.05, 0) is 23.6 Å². The Bertz CT molecular complexity index is 492. The molecule has 14 heavy (non-hydrogen) atoms. The molecule has 0 aliphatic rings. The van der Waals surface area contributed by atoms with Gasteiger partial charge in [0.05, 0.1) is 5.52 Å². The highest BCUT2D eigenvalue weighted by Gasteiger charge is 2.02. The molecule has 5 heteroatoms. The Labute approximate surface area is 83.6 Å². The first kappa shape index (κ1) is 9.23. The van der Waals surface area contributed by atoms with Crippen LogP contribution in [0.2, 0.25) is 0 Å². The SMILES string of the molecule is Cn1ccc2ccc(OS(=O)O)cc21. The summed E-state index contributed by atoms with van der Waals surface area (Å²) in [5, 5.41) is 1.07. The van der Waals surface area contributed by atoms with Crippen LogP contribution < -0.4 is 4.18 Å². The van der Waals surface area contributed by atoms with E-state index in [4.69, 9.17) is 4.55 Å². The van der Waals surface area contributed by atoms with Crippen LogP contribution in [0.1, 0.15) is 0 Å². The molecule has 2 rings (SSSR count). The van der Waals surface area contributed by atoms with E-state index in [0.717, 1.165) is 10.9 Å². The van der Waals surface area contributed by atoms with Crippen molar-refractivity contribution in [3.8, 4) is 5.75 Å². The van der Waals surface area contributed by atoms with Gasteiger partial charge in [-0.15, -0.1) is 0 Å². The summed E-state index contributed by atoms with van der Waals surface area (Å²) < 4.78 is 25.5. The van der Waals surface area contributed by atoms with E-state index in [-0.39, 0.29) is 0 Å². The number of aromatic nitrogens is 1. The third kappa shape index (κ3) is 1.64. The van der Waals surface area contributed by atoms with Crippen molar-refractivity contribution in [2.75, 3.05) is 0 Å². The zero-order valence-electron chi connectivity index (χ0n) is 7.51. The van der Waals surface area contributed by atoms with E-state index in [9.17, 15) is 4.21 Å². The quantitative estimate of drug-likeness (QED) is 0.769. The second-order valence-electron chi connectivity index (χ2n) is 2.95. The molecular formula is C9H9NO3S. The number of benzene rings is 1. The van der Waals surface area contributed by atoms with Crippen LogP contribution in [0.25, 0.3) is 10.9 Å². The topological polar surface area (TPSA) is 51.5 Å². The molecule has 0 spiro atoms. The van der Waals surface area contributed by atoms with Crippen LogP contribution in [0, 0.1) is 0 Å². The van der Waals surface area contributed by atoms with E-state index >= 15 is 0 Å². The Morgan fingerprint density at radius 2 is 2.21 bits per heavy atom. The molecule has 1 aromatic heterocycles. The summed E-state index contributed by atoms with van der Waals surface area (Å²) in [6.45, 7) is 0. The highest BCUT2D eigenvalue weighted by Crippen LogP contribution is 2.21. The van der Waals surface area contributed by atoms with Gasteiger partial charge in [-0.25, -0.2) is 0 Å². The van der Waals surface area contributed by atoms with Crippen LogP contribution >= 0.6 is 0 Å². The predicted octanol–water partition coefficient (Wildman–Crippen LogP) is 1.69. The van der Waals surface area contributed by atoms with Gasteiger partial charge >= 0.3 is 11.4 Å². The molecule has 0 saturated carbocycles. The number of fused-ring (bicyclic) bond motifs is 1. The third-order valence-electron chi connectivity index (χ3n) is 2.03. The monoisotopic (exact) mass is 211 g/mol. The first-order valence-electron chi connectivity index (χ1n) is 4.01. The summed E-state index contributed by atoms with van der Waals surface area (Å²) >= 11 is -2.26. The van der Waals surface area contributed by atoms with Gasteiger partial charge in [-0.1, -0.05) is 0 Å². The molecular weight excluding hydrogens is 202 g/mol. The molecule has 1 N–H and O–H groups in total. The maximum absolute atomic E-state index is 10.4. The molecule has 74 valence electrons. The average molecular weight is 211 g/mol. The molecule has 4 nitrogen and oxygen atoms in total. The molecule has 0 aliphatic heterocycles. The van der Waals surface area contributed by atoms with Crippen LogP contribution in [0.15, 0.2) is 30.5 Å². The molecule has 1 atom stereocenters. The Hall–Kier alpha value is -1.33. The van der Waals surface area contributed by atoms with Crippen LogP contribution in [0.5, 0.6) is 5.75 Å². The van der Waals surface area contributed by atoms with E-state index in [1.54, 1.807) is 12.1 Å². The first-order valence-corrected chi connectivity index (χ1v) is 5.04. The summed E-state index contributed by atoms with van der Waals surface area (Å²) in [5.41, 5.74) is 0.966. The minimum atomic E-state index is -2.26. The fourth-order valence-corrected chi connectivity index (χ4v) is 1.64. The highest BCUT2D eigenvalue weighted by molar-refractivity contribution is 7.74. The lowest BCUT2D eigenvalue weighted by Gasteiger charge is -2.01. The number of hydrogen-bond acceptors (Lipinski definition) is 2. The smallest absolute Gasteiger partial charge is 0.357 e. The highest BCUT2D eigenvalue weighted by atomic mass is 32.2. The summed E-state index contributed by atoms with van der Waals surface area (Å²) in [7, 11) is 1.90. The molecule has 0 aliphatic carbocycles. The Morgan fingerprint density at radius 1 is 1.43 bits per heavy atom. The Kier molecular flexibility index (Phi) is 2.26. The summed E-state index contributed by atoms with van der Waals surface area (Å²) in [6.07, 6.45) is 1.92. The Morgan fingerprint density at radius 3 is 2.93 bits per heavy atom. The molecule has 0 saturated heterocycles. The van der Waals surface area contributed by atoms with Crippen molar-refractivity contribution in [3.63, 3.8) is 0 Å². The molecule has 0 amide bonds. The number of hydrogen-bond donors (Lipinski definition) is 1. The van der Waals surface area contributed by atoms with Crippen molar-refractivity contribution >= 4 is 22.3 Å². The van der Waals surface area contributed by atoms with Crippen molar-refractivity contribution in [2.24, 2.45) is 7.05 Å². The summed E-state index contributed by atoms with van der Waals surface area (Å²) in [6, 6.07) is 7.20. The zero-order chi connectivity index (χ0) is 10.1. The van der Waals surface area contributed by atoms with Crippen LogP contribution in [0.3, 0.4) is 0 Å². The fraction of sp³-hybridized carbons (Fsp3) is 0.111. The standard InChI is InChI=1S/C9H9NO3S/c1-10-5-4-7-2-3-8(6-9(7)10)13-14(11)12/h2-6H,1H3,(H,11,12). The second-order valence-corrected chi connectivity index (χ2v) is 3.55. The van der Waals surface area contributed by atoms with Gasteiger partial charge in [0, 0.05) is 19.3 Å². The van der Waals surface area contributed by atoms with Gasteiger partial charge in [0.15, 0.2) is 0 Å². The van der Waals surface area contributed by atoms with E-state index in [1.165, 1.54) is 0 Å². The van der Waals surface area contributed by atoms with Gasteiger partial charge in [0.1, 0.15) is 5.75 Å². The zero-order valence-corrected chi connectivity index (χ0v) is 8.32. The number of nitrogens with zero attached hydrogens (tertiary/aromatic N) is 1. The van der Waals surface area contributed by atoms with Gasteiger partial charge in [0.25, 0.3) is 0 Å². The minimum Gasteiger partial charge on any atom is -0.380 e. The predicted molar refractivity (Wildman–Crippen MR) is 54.3 cm³/mol. The molecule has 0 fully saturated rings. The van der Waals surface area contributed by atoms with E-state index in [1.807, 2.05) is 29.9 Å². The number of aryl methyl sites for hydroxylation is 1. The normalized spacial score (nSPS) is 13.0. The lowest BCUT2D eigenvalue weighted by molar-refractivity contribution is 0.458. The van der Waals surface area contributed by atoms with Gasteiger partial charge in [-0.2, -0.15) is 4.21 Å². The second kappa shape index (κ2) is 3.43. The maximum atomic E-state index is 10.4. The van der Waals surface area contributed by atoms with E-state index in [2.05, 4.69) is 4.18 Å². The lowest BCUT2D eigenvalue weighted by atomic mass is 10.2. The fourth-order valence-electron chi connectivity index (χ4n) is 1.38. The van der Waals surface area contributed by atoms with Gasteiger partial charge in [-0.3, -0.25) is 4.55 Å². The molecule has 2 aromatic rings. The van der Waals surface area contributed by atoms with Crippen molar-refractivity contribution in [1.82, 2.24) is 4.57 Å². The Balaban J connectivity index is 2.49. The third-order valence-corrected chi connectivity index (χ3v) is 2.36. The van der Waals surface area contributed by atoms with Crippen molar-refractivity contribution in [2.45, 2.75) is 0 Å². The van der Waals surface area contributed by atoms with Crippen molar-refractivity contribution < 1.29 is 12.9 Å². The number of rotatable bonds is 2. The largest absolute Gasteiger partial charge is 0.380 e.